The molecule has 0 aliphatic rings. The average molecular weight is 337 g/mol. The van der Waals surface area contributed by atoms with Crippen molar-refractivity contribution in [2.75, 3.05) is 26.4 Å². The molecule has 0 saturated heterocycles. The summed E-state index contributed by atoms with van der Waals surface area (Å²) in [6, 6.07) is 14.4. The lowest BCUT2D eigenvalue weighted by molar-refractivity contribution is 0.107. The van der Waals surface area contributed by atoms with E-state index >= 15 is 0 Å². The summed E-state index contributed by atoms with van der Waals surface area (Å²) in [5.41, 5.74) is 0. The van der Waals surface area contributed by atoms with Gasteiger partial charge >= 0.3 is 9.53 Å². The van der Waals surface area contributed by atoms with Crippen molar-refractivity contribution >= 4 is 20.3 Å². The molecule has 0 aliphatic carbocycles. The molecule has 5 heteroatoms. The average Bonchev–Trinajstić information content (AvgIpc) is 2.57. The maximum Gasteiger partial charge on any atom is 0.484 e. The predicted octanol–water partition coefficient (Wildman–Crippen LogP) is 4.05. The van der Waals surface area contributed by atoms with Crippen molar-refractivity contribution in [3.8, 4) is 5.75 Å². The van der Waals surface area contributed by atoms with Crippen molar-refractivity contribution in [3.63, 3.8) is 0 Å². The van der Waals surface area contributed by atoms with Crippen molar-refractivity contribution in [2.45, 2.75) is 27.7 Å². The maximum atomic E-state index is 5.52. The summed E-state index contributed by atoms with van der Waals surface area (Å²) in [4.78, 5) is 0. The Kier molecular flexibility index (Phi) is 10.3. The topological polar surface area (TPSA) is 36.9 Å². The van der Waals surface area contributed by atoms with E-state index in [1.807, 2.05) is 52.0 Å². The maximum absolute atomic E-state index is 5.52. The summed E-state index contributed by atoms with van der Waals surface area (Å²) in [7, 11) is -1.73. The van der Waals surface area contributed by atoms with Gasteiger partial charge in [0, 0.05) is 25.2 Å². The quantitative estimate of drug-likeness (QED) is 0.682. The minimum absolute atomic E-state index is 0.677. The summed E-state index contributed by atoms with van der Waals surface area (Å²) < 4.78 is 21.2. The van der Waals surface area contributed by atoms with Crippen LogP contribution in [0.15, 0.2) is 42.5 Å². The number of benzene rings is 2. The molecule has 0 radical (unpaired) electrons. The van der Waals surface area contributed by atoms with E-state index in [-0.39, 0.29) is 0 Å². The van der Waals surface area contributed by atoms with Gasteiger partial charge in [-0.2, -0.15) is 0 Å². The van der Waals surface area contributed by atoms with Crippen LogP contribution in [0.4, 0.5) is 0 Å². The Morgan fingerprint density at radius 1 is 0.696 bits per heavy atom. The standard InChI is InChI=1S/C12H12O.C6H16O3Si/c1-2-13-12-9-5-7-10-6-3-4-8-11(10)12;1-4-7-10(8-5-2)9-6-3/h3-9H,2H2,1H3;10H,4-6H2,1-3H3. The molecule has 0 aliphatic heterocycles. The minimum Gasteiger partial charge on any atom is -0.493 e. The molecule has 0 heterocycles. The molecule has 0 N–H and O–H groups in total. The van der Waals surface area contributed by atoms with Crippen molar-refractivity contribution in [1.29, 1.82) is 0 Å². The van der Waals surface area contributed by atoms with Gasteiger partial charge in [0.05, 0.1) is 6.61 Å². The SMILES string of the molecule is CCO[SiH](OCC)OCC.CCOc1cccc2ccccc12. The van der Waals surface area contributed by atoms with Gasteiger partial charge in [-0.25, -0.2) is 0 Å². The van der Waals surface area contributed by atoms with E-state index in [0.29, 0.717) is 26.4 Å². The Labute approximate surface area is 141 Å². The van der Waals surface area contributed by atoms with Gasteiger partial charge in [-0.3, -0.25) is 0 Å². The van der Waals surface area contributed by atoms with Crippen LogP contribution in [-0.4, -0.2) is 36.0 Å². The molecular weight excluding hydrogens is 308 g/mol. The Hall–Kier alpha value is -1.40. The molecule has 2 aromatic carbocycles. The summed E-state index contributed by atoms with van der Waals surface area (Å²) in [5.74, 6) is 0.973. The largest absolute Gasteiger partial charge is 0.493 e. The Bertz CT molecular complexity index is 528. The number of rotatable bonds is 8. The summed E-state index contributed by atoms with van der Waals surface area (Å²) >= 11 is 0. The van der Waals surface area contributed by atoms with Crippen LogP contribution in [0.5, 0.6) is 5.75 Å². The summed E-state index contributed by atoms with van der Waals surface area (Å²) in [6.45, 7) is 10.6. The number of fused-ring (bicyclic) bond motifs is 1. The molecule has 2 rings (SSSR count). The second-order valence-electron chi connectivity index (χ2n) is 4.56. The van der Waals surface area contributed by atoms with Crippen LogP contribution < -0.4 is 4.74 Å². The van der Waals surface area contributed by atoms with Crippen molar-refractivity contribution in [2.24, 2.45) is 0 Å². The second kappa shape index (κ2) is 12.1. The highest BCUT2D eigenvalue weighted by Gasteiger charge is 2.11. The molecular formula is C18H28O4Si. The molecule has 128 valence electrons. The van der Waals surface area contributed by atoms with Gasteiger partial charge in [0.2, 0.25) is 0 Å². The molecule has 0 atom stereocenters. The normalized spacial score (nSPS) is 10.5. The van der Waals surface area contributed by atoms with Crippen LogP contribution in [-0.2, 0) is 13.3 Å². The summed E-state index contributed by atoms with van der Waals surface area (Å²) in [5, 5.41) is 2.42. The van der Waals surface area contributed by atoms with Crippen LogP contribution in [0, 0.1) is 0 Å². The fourth-order valence-corrected chi connectivity index (χ4v) is 3.13. The van der Waals surface area contributed by atoms with Gasteiger partial charge in [0.1, 0.15) is 5.75 Å². The van der Waals surface area contributed by atoms with Crippen molar-refractivity contribution in [1.82, 2.24) is 0 Å². The van der Waals surface area contributed by atoms with E-state index in [1.54, 1.807) is 0 Å². The molecule has 0 spiro atoms. The Morgan fingerprint density at radius 3 is 1.83 bits per heavy atom. The lowest BCUT2D eigenvalue weighted by Gasteiger charge is -2.12. The lowest BCUT2D eigenvalue weighted by Crippen LogP contribution is -2.27. The highest BCUT2D eigenvalue weighted by Crippen LogP contribution is 2.24. The monoisotopic (exact) mass is 336 g/mol. The number of hydrogen-bond acceptors (Lipinski definition) is 4. The van der Waals surface area contributed by atoms with Gasteiger partial charge in [0.15, 0.2) is 0 Å². The first-order valence-electron chi connectivity index (χ1n) is 8.22. The first-order valence-corrected chi connectivity index (χ1v) is 9.63. The van der Waals surface area contributed by atoms with Crippen LogP contribution in [0.25, 0.3) is 10.8 Å². The van der Waals surface area contributed by atoms with E-state index in [9.17, 15) is 0 Å². The molecule has 4 nitrogen and oxygen atoms in total. The van der Waals surface area contributed by atoms with Crippen molar-refractivity contribution in [3.05, 3.63) is 42.5 Å². The smallest absolute Gasteiger partial charge is 0.484 e. The summed E-state index contributed by atoms with van der Waals surface area (Å²) in [6.07, 6.45) is 0. The second-order valence-corrected chi connectivity index (χ2v) is 6.14. The zero-order valence-corrected chi connectivity index (χ0v) is 15.7. The number of ether oxygens (including phenoxy) is 1. The molecule has 0 fully saturated rings. The highest BCUT2D eigenvalue weighted by atomic mass is 28.3. The van der Waals surface area contributed by atoms with E-state index in [1.165, 1.54) is 10.8 Å². The third-order valence-electron chi connectivity index (χ3n) is 2.96. The van der Waals surface area contributed by atoms with E-state index in [0.717, 1.165) is 5.75 Å². The molecule has 0 amide bonds. The van der Waals surface area contributed by atoms with Gasteiger partial charge in [-0.15, -0.1) is 0 Å². The van der Waals surface area contributed by atoms with E-state index in [4.69, 9.17) is 18.0 Å². The molecule has 0 bridgehead atoms. The van der Waals surface area contributed by atoms with Crippen LogP contribution in [0.3, 0.4) is 0 Å². The van der Waals surface area contributed by atoms with Crippen LogP contribution in [0.2, 0.25) is 0 Å². The Balaban J connectivity index is 0.000000241. The van der Waals surface area contributed by atoms with Crippen molar-refractivity contribution < 1.29 is 18.0 Å². The molecule has 2 aromatic rings. The lowest BCUT2D eigenvalue weighted by atomic mass is 10.1. The van der Waals surface area contributed by atoms with Crippen LogP contribution in [0.1, 0.15) is 27.7 Å². The molecule has 0 saturated carbocycles. The van der Waals surface area contributed by atoms with Gasteiger partial charge in [-0.05, 0) is 39.1 Å². The van der Waals surface area contributed by atoms with Gasteiger partial charge < -0.3 is 18.0 Å². The fourth-order valence-electron chi connectivity index (χ4n) is 2.03. The minimum atomic E-state index is -1.73. The third-order valence-corrected chi connectivity index (χ3v) is 4.77. The zero-order chi connectivity index (χ0) is 16.9. The number of hydrogen-bond donors (Lipinski definition) is 0. The zero-order valence-electron chi connectivity index (χ0n) is 14.6. The molecule has 0 aromatic heterocycles. The first-order chi connectivity index (χ1) is 11.3. The van der Waals surface area contributed by atoms with Gasteiger partial charge in [0.25, 0.3) is 0 Å². The van der Waals surface area contributed by atoms with E-state index < -0.39 is 9.53 Å². The van der Waals surface area contributed by atoms with E-state index in [2.05, 4.69) is 18.2 Å². The third kappa shape index (κ3) is 7.13. The molecule has 23 heavy (non-hydrogen) atoms. The predicted molar refractivity (Wildman–Crippen MR) is 97.1 cm³/mol. The highest BCUT2D eigenvalue weighted by molar-refractivity contribution is 6.36. The fraction of sp³-hybridized carbons (Fsp3) is 0.444. The molecule has 0 unspecified atom stereocenters. The van der Waals surface area contributed by atoms with Crippen LogP contribution >= 0.6 is 0 Å². The van der Waals surface area contributed by atoms with Gasteiger partial charge in [-0.1, -0.05) is 36.4 Å². The first kappa shape index (κ1) is 19.6. The Morgan fingerprint density at radius 2 is 1.26 bits per heavy atom.